The van der Waals surface area contributed by atoms with Crippen molar-refractivity contribution >= 4 is 41.4 Å². The second-order valence-electron chi connectivity index (χ2n) is 10.4. The molecule has 2 aromatic rings. The molecule has 0 aromatic heterocycles. The van der Waals surface area contributed by atoms with Crippen molar-refractivity contribution in [3.05, 3.63) is 71.8 Å². The van der Waals surface area contributed by atoms with Gasteiger partial charge in [-0.2, -0.15) is 11.8 Å². The number of rotatable bonds is 13. The van der Waals surface area contributed by atoms with Crippen LogP contribution in [0.15, 0.2) is 55.1 Å². The maximum atomic E-state index is 14.2. The lowest BCUT2D eigenvalue weighted by molar-refractivity contribution is -0.141. The fraction of sp³-hybridized carbons (Fsp3) is 0.452. The van der Waals surface area contributed by atoms with Gasteiger partial charge in [0.25, 0.3) is 5.91 Å². The number of amides is 3. The van der Waals surface area contributed by atoms with Crippen molar-refractivity contribution in [2.45, 2.75) is 71.6 Å². The van der Waals surface area contributed by atoms with E-state index in [-0.39, 0.29) is 11.8 Å². The summed E-state index contributed by atoms with van der Waals surface area (Å²) in [6.07, 6.45) is 4.93. The number of anilines is 1. The van der Waals surface area contributed by atoms with Crippen molar-refractivity contribution in [1.29, 1.82) is 0 Å². The monoisotopic (exact) mass is 553 g/mol. The van der Waals surface area contributed by atoms with E-state index >= 15 is 0 Å². The van der Waals surface area contributed by atoms with E-state index in [1.807, 2.05) is 68.6 Å². The molecular weight excluding hydrogens is 510 g/mol. The molecule has 0 heterocycles. The smallest absolute Gasteiger partial charge is 0.408 e. The first-order valence-corrected chi connectivity index (χ1v) is 14.8. The number of nitrogens with one attached hydrogen (secondary N) is 2. The molecule has 2 rings (SSSR count). The summed E-state index contributed by atoms with van der Waals surface area (Å²) in [5.41, 5.74) is 2.40. The number of hydrogen-bond acceptors (Lipinski definition) is 5. The molecule has 0 aliphatic carbocycles. The summed E-state index contributed by atoms with van der Waals surface area (Å²) in [5.74, 6) is 0.00739. The van der Waals surface area contributed by atoms with Crippen molar-refractivity contribution in [1.82, 2.24) is 10.2 Å². The number of nitrogens with zero attached hydrogens (tertiary/aromatic N) is 1. The van der Waals surface area contributed by atoms with Gasteiger partial charge in [-0.05, 0) is 81.4 Å². The first kappa shape index (κ1) is 32.0. The molecule has 8 heteroatoms. The fourth-order valence-electron chi connectivity index (χ4n) is 4.08. The van der Waals surface area contributed by atoms with E-state index in [1.165, 1.54) is 0 Å². The Morgan fingerprint density at radius 1 is 1.13 bits per heavy atom. The molecule has 0 aliphatic heterocycles. The van der Waals surface area contributed by atoms with Crippen LogP contribution in [0.3, 0.4) is 0 Å². The van der Waals surface area contributed by atoms with Crippen LogP contribution in [0.2, 0.25) is 0 Å². The largest absolute Gasteiger partial charge is 0.444 e. The van der Waals surface area contributed by atoms with Crippen LogP contribution in [0, 0.1) is 6.92 Å². The quantitative estimate of drug-likeness (QED) is 0.292. The van der Waals surface area contributed by atoms with Gasteiger partial charge in [-0.15, -0.1) is 0 Å². The summed E-state index contributed by atoms with van der Waals surface area (Å²) < 4.78 is 5.46. The van der Waals surface area contributed by atoms with Crippen LogP contribution in [0.1, 0.15) is 69.7 Å². The number of hydrogen-bond donors (Lipinski definition) is 2. The number of unbranched alkanes of at least 4 members (excludes halogenated alkanes) is 1. The first-order valence-electron chi connectivity index (χ1n) is 13.4. The summed E-state index contributed by atoms with van der Waals surface area (Å²) >= 11 is 1.58. The third kappa shape index (κ3) is 10.1. The summed E-state index contributed by atoms with van der Waals surface area (Å²) in [6.45, 7) is 13.5. The van der Waals surface area contributed by atoms with Gasteiger partial charge in [-0.3, -0.25) is 9.59 Å². The van der Waals surface area contributed by atoms with E-state index in [4.69, 9.17) is 4.74 Å². The normalized spacial score (nSPS) is 12.7. The summed E-state index contributed by atoms with van der Waals surface area (Å²) in [7, 11) is 0. The van der Waals surface area contributed by atoms with E-state index in [9.17, 15) is 14.4 Å². The second-order valence-corrected chi connectivity index (χ2v) is 11.4. The topological polar surface area (TPSA) is 87.7 Å². The zero-order chi connectivity index (χ0) is 29.0. The first-order chi connectivity index (χ1) is 18.5. The lowest BCUT2D eigenvalue weighted by Gasteiger charge is -2.34. The zero-order valence-electron chi connectivity index (χ0n) is 24.1. The number of para-hydroxylation sites is 1. The Hall–Kier alpha value is -3.26. The van der Waals surface area contributed by atoms with E-state index in [2.05, 4.69) is 17.2 Å². The van der Waals surface area contributed by atoms with Gasteiger partial charge in [0.05, 0.1) is 0 Å². The number of benzene rings is 2. The molecule has 0 aliphatic rings. The molecule has 2 N–H and O–H groups in total. The lowest BCUT2D eigenvalue weighted by atomic mass is 9.99. The molecule has 0 saturated carbocycles. The molecule has 2 aromatic carbocycles. The Kier molecular flexibility index (Phi) is 12.6. The molecule has 0 bridgehead atoms. The highest BCUT2D eigenvalue weighted by molar-refractivity contribution is 7.98. The average molecular weight is 554 g/mol. The van der Waals surface area contributed by atoms with Gasteiger partial charge in [0.15, 0.2) is 0 Å². The number of thioether (sulfide) groups is 1. The fourth-order valence-corrected chi connectivity index (χ4v) is 4.55. The summed E-state index contributed by atoms with van der Waals surface area (Å²) in [4.78, 5) is 42.5. The minimum Gasteiger partial charge on any atom is -0.444 e. The number of ether oxygens (including phenoxy) is 1. The maximum Gasteiger partial charge on any atom is 0.408 e. The Morgan fingerprint density at radius 3 is 2.46 bits per heavy atom. The molecule has 7 nitrogen and oxygen atoms in total. The van der Waals surface area contributed by atoms with Gasteiger partial charge in [0, 0.05) is 12.2 Å². The van der Waals surface area contributed by atoms with Crippen LogP contribution in [-0.2, 0) is 14.3 Å². The van der Waals surface area contributed by atoms with Crippen molar-refractivity contribution in [2.24, 2.45) is 0 Å². The third-order valence-corrected chi connectivity index (χ3v) is 6.70. The minimum atomic E-state index is -0.916. The average Bonchev–Trinajstić information content (AvgIpc) is 2.88. The Balaban J connectivity index is 2.55. The zero-order valence-corrected chi connectivity index (χ0v) is 24.9. The van der Waals surface area contributed by atoms with Crippen molar-refractivity contribution in [3.63, 3.8) is 0 Å². The van der Waals surface area contributed by atoms with Crippen LogP contribution in [0.25, 0.3) is 6.08 Å². The van der Waals surface area contributed by atoms with Crippen molar-refractivity contribution in [2.75, 3.05) is 23.9 Å². The molecule has 39 heavy (non-hydrogen) atoms. The number of alkyl carbamates (subject to hydrolysis) is 1. The van der Waals surface area contributed by atoms with Gasteiger partial charge in [0.1, 0.15) is 17.7 Å². The van der Waals surface area contributed by atoms with E-state index in [1.54, 1.807) is 43.5 Å². The minimum absolute atomic E-state index is 0.322. The van der Waals surface area contributed by atoms with E-state index in [0.717, 1.165) is 17.5 Å². The predicted molar refractivity (Wildman–Crippen MR) is 162 cm³/mol. The van der Waals surface area contributed by atoms with Gasteiger partial charge >= 0.3 is 6.09 Å². The molecule has 2 atom stereocenters. The highest BCUT2D eigenvalue weighted by Gasteiger charge is 2.36. The summed E-state index contributed by atoms with van der Waals surface area (Å²) in [6, 6.07) is 13.2. The Labute approximate surface area is 237 Å². The van der Waals surface area contributed by atoms with Gasteiger partial charge in [0.2, 0.25) is 5.91 Å². The van der Waals surface area contributed by atoms with Crippen LogP contribution < -0.4 is 10.6 Å². The SMILES string of the molecule is C=Cc1cccc(C(C(=O)Nc2ccccc2C)N(CCCC)C(=O)C(CCSC)NC(=O)OC(C)(C)C)c1. The van der Waals surface area contributed by atoms with Crippen LogP contribution in [0.4, 0.5) is 10.5 Å². The van der Waals surface area contributed by atoms with Gasteiger partial charge in [-0.1, -0.05) is 62.4 Å². The molecule has 2 unspecified atom stereocenters. The molecule has 0 spiro atoms. The number of carbonyl (C=O) groups is 3. The number of carbonyl (C=O) groups excluding carboxylic acids is 3. The molecule has 0 fully saturated rings. The second kappa shape index (κ2) is 15.4. The van der Waals surface area contributed by atoms with Crippen molar-refractivity contribution in [3.8, 4) is 0 Å². The van der Waals surface area contributed by atoms with Gasteiger partial charge in [-0.25, -0.2) is 4.79 Å². The predicted octanol–water partition coefficient (Wildman–Crippen LogP) is 6.59. The maximum absolute atomic E-state index is 14.2. The molecule has 0 radical (unpaired) electrons. The summed E-state index contributed by atoms with van der Waals surface area (Å²) in [5, 5.41) is 5.82. The van der Waals surface area contributed by atoms with Crippen LogP contribution in [0.5, 0.6) is 0 Å². The highest BCUT2D eigenvalue weighted by Crippen LogP contribution is 2.27. The standard InChI is InChI=1S/C31H43N3O4S/c1-8-10-19-34(29(36)26(18-20-39-7)33-30(37)38-31(4,5)6)27(24-16-13-15-23(9-2)21-24)28(35)32-25-17-12-11-14-22(25)3/h9,11-17,21,26-27H,2,8,10,18-20H2,1,3-7H3,(H,32,35)(H,33,37). The van der Waals surface area contributed by atoms with Crippen molar-refractivity contribution < 1.29 is 19.1 Å². The number of aryl methyl sites for hydroxylation is 1. The molecule has 0 saturated heterocycles. The molecule has 3 amide bonds. The van der Waals surface area contributed by atoms with E-state index in [0.29, 0.717) is 36.4 Å². The van der Waals surface area contributed by atoms with Gasteiger partial charge < -0.3 is 20.3 Å². The van der Waals surface area contributed by atoms with Crippen LogP contribution >= 0.6 is 11.8 Å². The van der Waals surface area contributed by atoms with E-state index < -0.39 is 23.8 Å². The van der Waals surface area contributed by atoms with Crippen LogP contribution in [-0.4, -0.2) is 53.0 Å². The molecular formula is C31H43N3O4S. The lowest BCUT2D eigenvalue weighted by Crippen LogP contribution is -2.52. The molecule has 212 valence electrons. The Bertz CT molecular complexity index is 1130. The highest BCUT2D eigenvalue weighted by atomic mass is 32.2. The Morgan fingerprint density at radius 2 is 1.85 bits per heavy atom. The third-order valence-electron chi connectivity index (χ3n) is 6.06.